The van der Waals surface area contributed by atoms with Gasteiger partial charge in [0.05, 0.1) is 26.2 Å². The molecule has 6 nitrogen and oxygen atoms in total. The van der Waals surface area contributed by atoms with E-state index in [4.69, 9.17) is 0 Å². The molecule has 0 radical (unpaired) electrons. The first-order valence-electron chi connectivity index (χ1n) is 9.69. The summed E-state index contributed by atoms with van der Waals surface area (Å²) >= 11 is 0. The van der Waals surface area contributed by atoms with Crippen LogP contribution in [-0.2, 0) is 21.4 Å². The van der Waals surface area contributed by atoms with Crippen molar-refractivity contribution in [1.82, 2.24) is 9.21 Å². The van der Waals surface area contributed by atoms with Gasteiger partial charge in [-0.05, 0) is 24.6 Å². The van der Waals surface area contributed by atoms with Gasteiger partial charge in [0.2, 0.25) is 10.0 Å². The minimum atomic E-state index is -3.87. The highest BCUT2D eigenvalue weighted by atomic mass is 32.2. The molecule has 1 aliphatic heterocycles. The Morgan fingerprint density at radius 1 is 1.10 bits per heavy atom. The summed E-state index contributed by atoms with van der Waals surface area (Å²) in [6.45, 7) is 3.92. The van der Waals surface area contributed by atoms with Gasteiger partial charge in [0, 0.05) is 13.6 Å². The minimum absolute atomic E-state index is 0.0225. The van der Waals surface area contributed by atoms with Crippen molar-refractivity contribution in [1.29, 1.82) is 0 Å². The Labute approximate surface area is 171 Å². The number of hydrogen-bond donors (Lipinski definition) is 1. The van der Waals surface area contributed by atoms with E-state index in [0.29, 0.717) is 19.6 Å². The molecule has 1 atom stereocenters. The summed E-state index contributed by atoms with van der Waals surface area (Å²) in [5.74, 6) is -0.720. The lowest BCUT2D eigenvalue weighted by Crippen LogP contribution is -3.19. The fourth-order valence-corrected chi connectivity index (χ4v) is 5.19. The minimum Gasteiger partial charge on any atom is -0.336 e. The molecule has 1 heterocycles. The Morgan fingerprint density at radius 2 is 1.69 bits per heavy atom. The second-order valence-electron chi connectivity index (χ2n) is 7.39. The summed E-state index contributed by atoms with van der Waals surface area (Å²) in [7, 11) is -2.09. The molecule has 1 aliphatic rings. The molecule has 0 aliphatic carbocycles. The topological polar surface area (TPSA) is 62.1 Å². The van der Waals surface area contributed by atoms with Crippen LogP contribution in [-0.4, -0.2) is 62.8 Å². The molecule has 1 saturated heterocycles. The summed E-state index contributed by atoms with van der Waals surface area (Å²) in [6, 6.07) is 14.9. The molecular weight excluding hydrogens is 393 g/mol. The van der Waals surface area contributed by atoms with Gasteiger partial charge in [0.25, 0.3) is 5.91 Å². The van der Waals surface area contributed by atoms with Crippen LogP contribution in [0.4, 0.5) is 4.39 Å². The molecule has 0 saturated carbocycles. The van der Waals surface area contributed by atoms with Crippen LogP contribution in [0.25, 0.3) is 0 Å². The Kier molecular flexibility index (Phi) is 6.66. The zero-order valence-corrected chi connectivity index (χ0v) is 17.5. The van der Waals surface area contributed by atoms with Gasteiger partial charge < -0.3 is 9.80 Å². The van der Waals surface area contributed by atoms with Crippen molar-refractivity contribution in [3.8, 4) is 0 Å². The van der Waals surface area contributed by atoms with E-state index in [9.17, 15) is 17.6 Å². The Bertz CT molecular complexity index is 945. The van der Waals surface area contributed by atoms with Gasteiger partial charge >= 0.3 is 0 Å². The van der Waals surface area contributed by atoms with E-state index in [1.165, 1.54) is 22.5 Å². The van der Waals surface area contributed by atoms with Crippen molar-refractivity contribution >= 4 is 15.9 Å². The van der Waals surface area contributed by atoms with Crippen molar-refractivity contribution in [2.45, 2.75) is 24.4 Å². The number of likely N-dealkylation sites (N-methyl/N-ethyl adjacent to an activating group) is 1. The smallest absolute Gasteiger partial charge is 0.280 e. The highest BCUT2D eigenvalue weighted by Crippen LogP contribution is 2.18. The monoisotopic (exact) mass is 420 g/mol. The van der Waals surface area contributed by atoms with Crippen molar-refractivity contribution in [3.05, 3.63) is 66.0 Å². The van der Waals surface area contributed by atoms with Crippen LogP contribution in [0.1, 0.15) is 12.5 Å². The van der Waals surface area contributed by atoms with Crippen LogP contribution in [0.2, 0.25) is 0 Å². The molecule has 1 fully saturated rings. The summed E-state index contributed by atoms with van der Waals surface area (Å²) in [4.78, 5) is 15.3. The number of nitrogens with zero attached hydrogens (tertiary/aromatic N) is 2. The van der Waals surface area contributed by atoms with Crippen LogP contribution in [0.5, 0.6) is 0 Å². The molecule has 8 heteroatoms. The van der Waals surface area contributed by atoms with E-state index in [0.717, 1.165) is 16.5 Å². The largest absolute Gasteiger partial charge is 0.336 e. The summed E-state index contributed by atoms with van der Waals surface area (Å²) < 4.78 is 40.7. The number of sulfonamides is 1. The van der Waals surface area contributed by atoms with Gasteiger partial charge in [-0.1, -0.05) is 42.5 Å². The van der Waals surface area contributed by atoms with Crippen LogP contribution in [0.15, 0.2) is 59.5 Å². The van der Waals surface area contributed by atoms with Crippen molar-refractivity contribution in [2.24, 2.45) is 0 Å². The second kappa shape index (κ2) is 9.02. The molecule has 0 unspecified atom stereocenters. The maximum Gasteiger partial charge on any atom is 0.280 e. The zero-order chi connectivity index (χ0) is 21.0. The highest BCUT2D eigenvalue weighted by molar-refractivity contribution is 7.89. The third kappa shape index (κ3) is 4.83. The lowest BCUT2D eigenvalue weighted by molar-refractivity contribution is -0.918. The predicted molar refractivity (Wildman–Crippen MR) is 108 cm³/mol. The zero-order valence-electron chi connectivity index (χ0n) is 16.7. The number of rotatable bonds is 6. The maximum absolute atomic E-state index is 14.0. The average molecular weight is 421 g/mol. The van der Waals surface area contributed by atoms with Gasteiger partial charge in [0.1, 0.15) is 10.7 Å². The van der Waals surface area contributed by atoms with E-state index in [-0.39, 0.29) is 29.9 Å². The molecule has 3 rings (SSSR count). The SMILES string of the molecule is C[C@H](C(=O)N(C)Cc1ccccc1)[NH+]1CCN(S(=O)(=O)c2ccccc2F)CC1. The molecule has 1 N–H and O–H groups in total. The Balaban J connectivity index is 1.60. The molecule has 0 spiro atoms. The summed E-state index contributed by atoms with van der Waals surface area (Å²) in [5, 5.41) is 0. The molecule has 29 heavy (non-hydrogen) atoms. The first-order chi connectivity index (χ1) is 13.8. The fraction of sp³-hybridized carbons (Fsp3) is 0.381. The van der Waals surface area contributed by atoms with Crippen molar-refractivity contribution < 1.29 is 22.5 Å². The number of benzene rings is 2. The van der Waals surface area contributed by atoms with Gasteiger partial charge in [-0.2, -0.15) is 4.31 Å². The number of carbonyl (C=O) groups is 1. The van der Waals surface area contributed by atoms with Crippen LogP contribution in [0, 0.1) is 5.82 Å². The maximum atomic E-state index is 14.0. The number of hydrogen-bond acceptors (Lipinski definition) is 3. The summed E-state index contributed by atoms with van der Waals surface area (Å²) in [6.07, 6.45) is 0. The van der Waals surface area contributed by atoms with E-state index < -0.39 is 15.8 Å². The fourth-order valence-electron chi connectivity index (χ4n) is 3.68. The third-order valence-corrected chi connectivity index (χ3v) is 7.37. The second-order valence-corrected chi connectivity index (χ2v) is 9.30. The lowest BCUT2D eigenvalue weighted by atomic mass is 10.2. The number of piperazine rings is 1. The van der Waals surface area contributed by atoms with Crippen molar-refractivity contribution in [2.75, 3.05) is 33.2 Å². The first-order valence-corrected chi connectivity index (χ1v) is 11.1. The number of halogens is 1. The number of carbonyl (C=O) groups excluding carboxylic acids is 1. The number of nitrogens with one attached hydrogen (secondary N) is 1. The van der Waals surface area contributed by atoms with Gasteiger partial charge in [0.15, 0.2) is 6.04 Å². The van der Waals surface area contributed by atoms with Crippen molar-refractivity contribution in [3.63, 3.8) is 0 Å². The molecule has 1 amide bonds. The highest BCUT2D eigenvalue weighted by Gasteiger charge is 2.36. The standard InChI is InChI=1S/C21H26FN3O3S/c1-17(21(26)23(2)16-18-8-4-3-5-9-18)24-12-14-25(15-13-24)29(27,28)20-11-7-6-10-19(20)22/h3-11,17H,12-16H2,1-2H3/p+1/t17-/m1/s1. The van der Waals surface area contributed by atoms with Crippen LogP contribution >= 0.6 is 0 Å². The van der Waals surface area contributed by atoms with E-state index in [1.54, 1.807) is 11.9 Å². The molecule has 0 bridgehead atoms. The van der Waals surface area contributed by atoms with Crippen LogP contribution < -0.4 is 4.90 Å². The Morgan fingerprint density at radius 3 is 2.31 bits per heavy atom. The number of amides is 1. The number of quaternary nitrogens is 1. The molecule has 0 aromatic heterocycles. The average Bonchev–Trinajstić information content (AvgIpc) is 2.73. The molecule has 2 aromatic rings. The van der Waals surface area contributed by atoms with Crippen LogP contribution in [0.3, 0.4) is 0 Å². The molecule has 2 aromatic carbocycles. The summed E-state index contributed by atoms with van der Waals surface area (Å²) in [5.41, 5.74) is 1.06. The van der Waals surface area contributed by atoms with E-state index in [2.05, 4.69) is 0 Å². The lowest BCUT2D eigenvalue weighted by Gasteiger charge is -2.35. The Hall–Kier alpha value is -2.29. The normalized spacial score (nSPS) is 17.1. The quantitative estimate of drug-likeness (QED) is 0.751. The molecular formula is C21H27FN3O3S+. The predicted octanol–water partition coefficient (Wildman–Crippen LogP) is 0.762. The molecule has 156 valence electrons. The van der Waals surface area contributed by atoms with E-state index in [1.807, 2.05) is 37.3 Å². The van der Waals surface area contributed by atoms with Gasteiger partial charge in [-0.15, -0.1) is 0 Å². The van der Waals surface area contributed by atoms with E-state index >= 15 is 0 Å². The van der Waals surface area contributed by atoms with Gasteiger partial charge in [-0.25, -0.2) is 12.8 Å². The first kappa shape index (κ1) is 21.4. The van der Waals surface area contributed by atoms with Gasteiger partial charge in [-0.3, -0.25) is 4.79 Å². The third-order valence-electron chi connectivity index (χ3n) is 5.44.